The van der Waals surface area contributed by atoms with E-state index >= 15 is 0 Å². The number of unbranched alkanes of at least 4 members (excludes halogenated alkanes) is 3. The first-order valence-electron chi connectivity index (χ1n) is 4.68. The number of thioether (sulfide) groups is 1. The summed E-state index contributed by atoms with van der Waals surface area (Å²) in [4.78, 5) is 0. The zero-order valence-corrected chi connectivity index (χ0v) is 8.88. The van der Waals surface area contributed by atoms with Gasteiger partial charge in [-0.2, -0.15) is 11.8 Å². The highest BCUT2D eigenvalue weighted by molar-refractivity contribution is 7.99. The lowest BCUT2D eigenvalue weighted by Crippen LogP contribution is -1.83. The fourth-order valence-corrected chi connectivity index (χ4v) is 1.74. The predicted octanol–water partition coefficient (Wildman–Crippen LogP) is 3.53. The van der Waals surface area contributed by atoms with Gasteiger partial charge in [0, 0.05) is 6.42 Å². The van der Waals surface area contributed by atoms with Gasteiger partial charge in [0.05, 0.1) is 0 Å². The highest BCUT2D eigenvalue weighted by atomic mass is 32.2. The zero-order chi connectivity index (χ0) is 9.07. The summed E-state index contributed by atoms with van der Waals surface area (Å²) in [5, 5.41) is 0. The molecule has 0 unspecified atom stereocenters. The van der Waals surface area contributed by atoms with Gasteiger partial charge in [0.2, 0.25) is 0 Å². The van der Waals surface area contributed by atoms with Crippen LogP contribution in [0.3, 0.4) is 0 Å². The summed E-state index contributed by atoms with van der Waals surface area (Å²) in [6.45, 7) is 5.71. The van der Waals surface area contributed by atoms with Gasteiger partial charge in [0.1, 0.15) is 0 Å². The van der Waals surface area contributed by atoms with Gasteiger partial charge in [-0.3, -0.25) is 0 Å². The molecule has 0 aliphatic carbocycles. The molecule has 0 bridgehead atoms. The first-order chi connectivity index (χ1) is 5.91. The molecule has 0 nitrogen and oxygen atoms in total. The number of hydrogen-bond donors (Lipinski definition) is 0. The molecule has 0 aliphatic heterocycles. The van der Waals surface area contributed by atoms with E-state index in [4.69, 9.17) is 0 Å². The van der Waals surface area contributed by atoms with Crippen LogP contribution < -0.4 is 0 Å². The molecule has 0 aliphatic rings. The van der Waals surface area contributed by atoms with Crippen LogP contribution in [0.15, 0.2) is 0 Å². The molecule has 0 rings (SSSR count). The van der Waals surface area contributed by atoms with Crippen molar-refractivity contribution < 1.29 is 0 Å². The van der Waals surface area contributed by atoms with Crippen LogP contribution >= 0.6 is 11.8 Å². The lowest BCUT2D eigenvalue weighted by Gasteiger charge is -1.97. The van der Waals surface area contributed by atoms with Crippen LogP contribution in [0.5, 0.6) is 0 Å². The van der Waals surface area contributed by atoms with Crippen molar-refractivity contribution >= 4 is 11.8 Å². The minimum absolute atomic E-state index is 1.06. The molecule has 1 radical (unpaired) electrons. The molecular weight excluding hydrogens is 164 g/mol. The van der Waals surface area contributed by atoms with Gasteiger partial charge >= 0.3 is 0 Å². The summed E-state index contributed by atoms with van der Waals surface area (Å²) < 4.78 is 0. The Bertz CT molecular complexity index is 130. The van der Waals surface area contributed by atoms with E-state index in [0.29, 0.717) is 0 Å². The molecule has 0 spiro atoms. The molecule has 1 heteroatoms. The monoisotopic (exact) mass is 183 g/mol. The molecule has 0 heterocycles. The number of rotatable bonds is 7. The lowest BCUT2D eigenvalue weighted by atomic mass is 10.2. The molecule has 0 saturated carbocycles. The van der Waals surface area contributed by atoms with Crippen LogP contribution in [0.25, 0.3) is 0 Å². The highest BCUT2D eigenvalue weighted by Gasteiger charge is 1.88. The van der Waals surface area contributed by atoms with Crippen molar-refractivity contribution in [1.29, 1.82) is 0 Å². The van der Waals surface area contributed by atoms with Crippen molar-refractivity contribution in [3.8, 4) is 11.8 Å². The fraction of sp³-hybridized carbons (Fsp3) is 0.727. The Balaban J connectivity index is 2.84. The largest absolute Gasteiger partial charge is 0.162 e. The van der Waals surface area contributed by atoms with Crippen molar-refractivity contribution in [3.05, 3.63) is 6.92 Å². The Morgan fingerprint density at radius 3 is 2.67 bits per heavy atom. The molecule has 12 heavy (non-hydrogen) atoms. The van der Waals surface area contributed by atoms with Crippen LogP contribution in [0.1, 0.15) is 39.0 Å². The van der Waals surface area contributed by atoms with Gasteiger partial charge in [0.15, 0.2) is 0 Å². The summed E-state index contributed by atoms with van der Waals surface area (Å²) in [6, 6.07) is 0. The van der Waals surface area contributed by atoms with Crippen LogP contribution in [0, 0.1) is 18.8 Å². The smallest absolute Gasteiger partial charge is 0.00885 e. The Labute approximate surface area is 81.5 Å². The summed E-state index contributed by atoms with van der Waals surface area (Å²) in [6.07, 6.45) is 6.09. The predicted molar refractivity (Wildman–Crippen MR) is 59.2 cm³/mol. The maximum absolute atomic E-state index is 3.80. The molecule has 0 fully saturated rings. The lowest BCUT2D eigenvalue weighted by molar-refractivity contribution is 0.742. The van der Waals surface area contributed by atoms with Gasteiger partial charge in [-0.25, -0.2) is 0 Å². The molecule has 0 aromatic heterocycles. The van der Waals surface area contributed by atoms with E-state index in [9.17, 15) is 0 Å². The maximum Gasteiger partial charge on any atom is 0.00885 e. The third-order valence-corrected chi connectivity index (χ3v) is 2.71. The Kier molecular flexibility index (Phi) is 10.8. The molecule has 69 valence electrons. The van der Waals surface area contributed by atoms with E-state index in [2.05, 4.69) is 18.8 Å². The Morgan fingerprint density at radius 2 is 2.00 bits per heavy atom. The molecule has 0 amide bonds. The molecule has 0 atom stereocenters. The van der Waals surface area contributed by atoms with Crippen LogP contribution in [-0.4, -0.2) is 11.5 Å². The summed E-state index contributed by atoms with van der Waals surface area (Å²) >= 11 is 2.02. The fourth-order valence-electron chi connectivity index (χ4n) is 0.923. The molecule has 0 N–H and O–H groups in total. The zero-order valence-electron chi connectivity index (χ0n) is 8.07. The van der Waals surface area contributed by atoms with E-state index in [-0.39, 0.29) is 0 Å². The van der Waals surface area contributed by atoms with Crippen LogP contribution in [0.4, 0.5) is 0 Å². The average molecular weight is 183 g/mol. The normalized spacial score (nSPS) is 9.17. The third kappa shape index (κ3) is 9.91. The minimum atomic E-state index is 1.06. The minimum Gasteiger partial charge on any atom is -0.162 e. The molecule has 0 saturated heterocycles. The van der Waals surface area contributed by atoms with Crippen molar-refractivity contribution in [2.24, 2.45) is 0 Å². The van der Waals surface area contributed by atoms with E-state index in [1.165, 1.54) is 30.8 Å². The molecule has 0 aromatic carbocycles. The van der Waals surface area contributed by atoms with Gasteiger partial charge in [0.25, 0.3) is 0 Å². The third-order valence-electron chi connectivity index (χ3n) is 1.56. The molecule has 0 aromatic rings. The summed E-state index contributed by atoms with van der Waals surface area (Å²) in [5.41, 5.74) is 0. The van der Waals surface area contributed by atoms with Gasteiger partial charge < -0.3 is 0 Å². The SMILES string of the molecule is [CH2]CCSCCCCCC#CC. The summed E-state index contributed by atoms with van der Waals surface area (Å²) in [5.74, 6) is 8.52. The maximum atomic E-state index is 3.80. The summed E-state index contributed by atoms with van der Waals surface area (Å²) in [7, 11) is 0. The van der Waals surface area contributed by atoms with Crippen molar-refractivity contribution in [3.63, 3.8) is 0 Å². The van der Waals surface area contributed by atoms with Crippen LogP contribution in [-0.2, 0) is 0 Å². The van der Waals surface area contributed by atoms with E-state index < -0.39 is 0 Å². The molecular formula is C11H19S. The van der Waals surface area contributed by atoms with E-state index in [0.717, 1.165) is 12.8 Å². The second-order valence-corrected chi connectivity index (χ2v) is 3.93. The van der Waals surface area contributed by atoms with Crippen molar-refractivity contribution in [2.45, 2.75) is 39.0 Å². The van der Waals surface area contributed by atoms with E-state index in [1.807, 2.05) is 18.7 Å². The first-order valence-corrected chi connectivity index (χ1v) is 5.84. The first kappa shape index (κ1) is 11.9. The van der Waals surface area contributed by atoms with Crippen molar-refractivity contribution in [1.82, 2.24) is 0 Å². The number of hydrogen-bond acceptors (Lipinski definition) is 1. The second-order valence-electron chi connectivity index (χ2n) is 2.70. The topological polar surface area (TPSA) is 0 Å². The second kappa shape index (κ2) is 10.9. The quantitative estimate of drug-likeness (QED) is 0.430. The standard InChI is InChI=1S/C11H19S/c1-3-5-6-7-8-9-11-12-10-4-2/h2,4,6-11H2,1H3. The van der Waals surface area contributed by atoms with Crippen molar-refractivity contribution in [2.75, 3.05) is 11.5 Å². The Morgan fingerprint density at radius 1 is 1.17 bits per heavy atom. The van der Waals surface area contributed by atoms with Gasteiger partial charge in [-0.05, 0) is 37.7 Å². The van der Waals surface area contributed by atoms with Gasteiger partial charge in [-0.15, -0.1) is 11.8 Å². The Hall–Kier alpha value is -0.0900. The van der Waals surface area contributed by atoms with Crippen LogP contribution in [0.2, 0.25) is 0 Å². The van der Waals surface area contributed by atoms with Gasteiger partial charge in [-0.1, -0.05) is 13.3 Å². The highest BCUT2D eigenvalue weighted by Crippen LogP contribution is 2.07. The average Bonchev–Trinajstić information content (AvgIpc) is 2.10. The van der Waals surface area contributed by atoms with E-state index in [1.54, 1.807) is 0 Å².